The van der Waals surface area contributed by atoms with Gasteiger partial charge in [-0.3, -0.25) is 0 Å². The summed E-state index contributed by atoms with van der Waals surface area (Å²) in [6.45, 7) is 10.6. The molecule has 1 rings (SSSR count). The van der Waals surface area contributed by atoms with Gasteiger partial charge in [0.15, 0.2) is 0 Å². The van der Waals surface area contributed by atoms with E-state index in [0.29, 0.717) is 24.7 Å². The lowest BCUT2D eigenvalue weighted by Crippen LogP contribution is -2.26. The molecule has 0 aromatic heterocycles. The average molecular weight is 294 g/mol. The van der Waals surface area contributed by atoms with Gasteiger partial charge in [0.1, 0.15) is 6.10 Å². The molecule has 1 N–H and O–H groups in total. The smallest absolute Gasteiger partial charge is 0.450 e. The van der Waals surface area contributed by atoms with Crippen molar-refractivity contribution in [3.05, 3.63) is 24.8 Å². The highest BCUT2D eigenvalue weighted by Gasteiger charge is 2.28. The van der Waals surface area contributed by atoms with Crippen molar-refractivity contribution in [2.75, 3.05) is 0 Å². The molecular formula is C18H30O3. The third-order valence-corrected chi connectivity index (χ3v) is 4.55. The summed E-state index contributed by atoms with van der Waals surface area (Å²) in [5.41, 5.74) is 0. The molecule has 0 aromatic rings. The fraction of sp³-hybridized carbons (Fsp3) is 0.722. The summed E-state index contributed by atoms with van der Waals surface area (Å²) >= 11 is 0. The van der Waals surface area contributed by atoms with Gasteiger partial charge in [-0.1, -0.05) is 45.4 Å². The second kappa shape index (κ2) is 8.91. The van der Waals surface area contributed by atoms with E-state index in [1.807, 2.05) is 0 Å². The monoisotopic (exact) mass is 294 g/mol. The van der Waals surface area contributed by atoms with Gasteiger partial charge in [-0.2, -0.15) is 0 Å². The molecule has 0 heterocycles. The Bertz CT molecular complexity index is 359. The first-order valence-electron chi connectivity index (χ1n) is 8.11. The summed E-state index contributed by atoms with van der Waals surface area (Å²) in [6.07, 6.45) is 9.66. The van der Waals surface area contributed by atoms with Gasteiger partial charge in [0.05, 0.1) is 0 Å². The van der Waals surface area contributed by atoms with E-state index in [1.165, 1.54) is 19.3 Å². The maximum absolute atomic E-state index is 10.7. The molecule has 0 aliphatic heterocycles. The van der Waals surface area contributed by atoms with E-state index < -0.39 is 6.16 Å². The maximum atomic E-state index is 10.7. The van der Waals surface area contributed by atoms with E-state index in [2.05, 4.69) is 39.5 Å². The van der Waals surface area contributed by atoms with E-state index in [9.17, 15) is 4.79 Å². The molecule has 1 fully saturated rings. The third-order valence-electron chi connectivity index (χ3n) is 4.55. The van der Waals surface area contributed by atoms with Crippen molar-refractivity contribution >= 4 is 6.16 Å². The Morgan fingerprint density at radius 1 is 1.38 bits per heavy atom. The number of allylic oxidation sites excluding steroid dienone is 1. The van der Waals surface area contributed by atoms with Crippen LogP contribution in [0, 0.1) is 23.7 Å². The molecule has 0 radical (unpaired) electrons. The SMILES string of the molecule is C=CC[C@H](CC=CC1C[C@H](C)CC[C@H]1C(C)C)OC(=O)O. The minimum Gasteiger partial charge on any atom is -0.450 e. The van der Waals surface area contributed by atoms with E-state index in [1.54, 1.807) is 6.08 Å². The molecule has 1 aliphatic carbocycles. The minimum atomic E-state index is -1.21. The highest BCUT2D eigenvalue weighted by Crippen LogP contribution is 2.38. The third kappa shape index (κ3) is 6.36. The summed E-state index contributed by atoms with van der Waals surface area (Å²) in [6, 6.07) is 0. The Kier molecular flexibility index (Phi) is 7.55. The van der Waals surface area contributed by atoms with Crippen LogP contribution in [0.3, 0.4) is 0 Å². The molecule has 120 valence electrons. The van der Waals surface area contributed by atoms with Gasteiger partial charge < -0.3 is 9.84 Å². The zero-order valence-electron chi connectivity index (χ0n) is 13.6. The van der Waals surface area contributed by atoms with Crippen LogP contribution in [-0.4, -0.2) is 17.4 Å². The first kappa shape index (κ1) is 17.8. The summed E-state index contributed by atoms with van der Waals surface area (Å²) < 4.78 is 4.87. The molecule has 1 saturated carbocycles. The lowest BCUT2D eigenvalue weighted by Gasteiger charge is -2.35. The van der Waals surface area contributed by atoms with Crippen LogP contribution in [0.25, 0.3) is 0 Å². The summed E-state index contributed by atoms with van der Waals surface area (Å²) in [7, 11) is 0. The van der Waals surface area contributed by atoms with E-state index in [-0.39, 0.29) is 6.10 Å². The molecule has 0 bridgehead atoms. The first-order chi connectivity index (χ1) is 9.93. The highest BCUT2D eigenvalue weighted by atomic mass is 16.7. The zero-order valence-corrected chi connectivity index (χ0v) is 13.6. The number of hydrogen-bond donors (Lipinski definition) is 1. The number of ether oxygens (including phenoxy) is 1. The summed E-state index contributed by atoms with van der Waals surface area (Å²) in [5.74, 6) is 2.85. The Hall–Kier alpha value is -1.25. The van der Waals surface area contributed by atoms with Gasteiger partial charge in [0.2, 0.25) is 0 Å². The Morgan fingerprint density at radius 3 is 2.67 bits per heavy atom. The van der Waals surface area contributed by atoms with Crippen LogP contribution in [0.5, 0.6) is 0 Å². The molecular weight excluding hydrogens is 264 g/mol. The predicted molar refractivity (Wildman–Crippen MR) is 86.3 cm³/mol. The van der Waals surface area contributed by atoms with Crippen molar-refractivity contribution in [2.45, 2.75) is 59.0 Å². The second-order valence-corrected chi connectivity index (χ2v) is 6.68. The van der Waals surface area contributed by atoms with Crippen LogP contribution in [0.15, 0.2) is 24.8 Å². The molecule has 0 amide bonds. The molecule has 3 heteroatoms. The lowest BCUT2D eigenvalue weighted by atomic mass is 9.70. The standard InChI is InChI=1S/C18H30O3/c1-5-7-16(21-18(19)20)9-6-8-15-12-14(4)10-11-17(15)13(2)3/h5-6,8,13-17H,1,7,9-12H2,2-4H3,(H,19,20)/t14-,15?,16-,17+/m1/s1. The molecule has 0 aromatic carbocycles. The lowest BCUT2D eigenvalue weighted by molar-refractivity contribution is 0.0540. The molecule has 1 aliphatic rings. The van der Waals surface area contributed by atoms with Crippen molar-refractivity contribution < 1.29 is 14.6 Å². The van der Waals surface area contributed by atoms with Crippen LogP contribution in [0.4, 0.5) is 4.79 Å². The van der Waals surface area contributed by atoms with Crippen LogP contribution in [0.1, 0.15) is 52.9 Å². The largest absolute Gasteiger partial charge is 0.506 e. The molecule has 21 heavy (non-hydrogen) atoms. The van der Waals surface area contributed by atoms with Gasteiger partial charge >= 0.3 is 6.16 Å². The minimum absolute atomic E-state index is 0.310. The average Bonchev–Trinajstić information content (AvgIpc) is 2.38. The second-order valence-electron chi connectivity index (χ2n) is 6.68. The highest BCUT2D eigenvalue weighted by molar-refractivity contribution is 5.57. The van der Waals surface area contributed by atoms with Crippen molar-refractivity contribution in [2.24, 2.45) is 23.7 Å². The predicted octanol–water partition coefficient (Wildman–Crippen LogP) is 5.28. The van der Waals surface area contributed by atoms with E-state index >= 15 is 0 Å². The zero-order chi connectivity index (χ0) is 15.8. The normalized spacial score (nSPS) is 27.7. The maximum Gasteiger partial charge on any atom is 0.506 e. The summed E-state index contributed by atoms with van der Waals surface area (Å²) in [4.78, 5) is 10.7. The van der Waals surface area contributed by atoms with Crippen LogP contribution < -0.4 is 0 Å². The number of carboxylic acid groups (broad SMARTS) is 1. The van der Waals surface area contributed by atoms with E-state index in [4.69, 9.17) is 9.84 Å². The van der Waals surface area contributed by atoms with Gasteiger partial charge in [0.25, 0.3) is 0 Å². The molecule has 4 atom stereocenters. The first-order valence-corrected chi connectivity index (χ1v) is 8.11. The Labute approximate surface area is 129 Å². The molecule has 1 unspecified atom stereocenters. The number of hydrogen-bond acceptors (Lipinski definition) is 2. The van der Waals surface area contributed by atoms with Crippen molar-refractivity contribution in [3.63, 3.8) is 0 Å². The van der Waals surface area contributed by atoms with Gasteiger partial charge in [-0.25, -0.2) is 4.79 Å². The van der Waals surface area contributed by atoms with Crippen LogP contribution in [0.2, 0.25) is 0 Å². The van der Waals surface area contributed by atoms with Crippen LogP contribution in [-0.2, 0) is 4.74 Å². The quantitative estimate of drug-likeness (QED) is 0.513. The Morgan fingerprint density at radius 2 is 2.10 bits per heavy atom. The van der Waals surface area contributed by atoms with Crippen LogP contribution >= 0.6 is 0 Å². The number of carbonyl (C=O) groups is 1. The molecule has 0 saturated heterocycles. The van der Waals surface area contributed by atoms with Crippen molar-refractivity contribution in [1.29, 1.82) is 0 Å². The van der Waals surface area contributed by atoms with Gasteiger partial charge in [-0.05, 0) is 36.5 Å². The fourth-order valence-corrected chi connectivity index (χ4v) is 3.42. The summed E-state index contributed by atoms with van der Waals surface area (Å²) in [5, 5.41) is 8.73. The van der Waals surface area contributed by atoms with Crippen molar-refractivity contribution in [3.8, 4) is 0 Å². The molecule has 3 nitrogen and oxygen atoms in total. The van der Waals surface area contributed by atoms with Gasteiger partial charge in [-0.15, -0.1) is 6.58 Å². The van der Waals surface area contributed by atoms with Crippen molar-refractivity contribution in [1.82, 2.24) is 0 Å². The van der Waals surface area contributed by atoms with E-state index in [0.717, 1.165) is 11.8 Å². The number of rotatable bonds is 7. The van der Waals surface area contributed by atoms with Gasteiger partial charge in [0, 0.05) is 12.8 Å². The Balaban J connectivity index is 2.58. The molecule has 0 spiro atoms. The topological polar surface area (TPSA) is 46.5 Å². The fourth-order valence-electron chi connectivity index (χ4n) is 3.42.